The van der Waals surface area contributed by atoms with Crippen LogP contribution < -0.4 is 11.2 Å². The predicted molar refractivity (Wildman–Crippen MR) is 53.6 cm³/mol. The van der Waals surface area contributed by atoms with Gasteiger partial charge >= 0.3 is 6.09 Å². The average Bonchev–Trinajstić information content (AvgIpc) is 2.20. The Morgan fingerprint density at radius 3 is 2.71 bits per heavy atom. The molecule has 0 aromatic heterocycles. The zero-order valence-electron chi connectivity index (χ0n) is 8.91. The number of nitrogens with two attached hydrogens (primary N) is 1. The summed E-state index contributed by atoms with van der Waals surface area (Å²) < 4.78 is 4.88. The fourth-order valence-corrected chi connectivity index (χ4v) is 0.846. The van der Waals surface area contributed by atoms with Crippen LogP contribution in [0.2, 0.25) is 0 Å². The Kier molecular flexibility index (Phi) is 8.27. The fourth-order valence-electron chi connectivity index (χ4n) is 0.846. The van der Waals surface area contributed by atoms with E-state index in [0.717, 1.165) is 19.3 Å². The molecule has 0 rings (SSSR count). The van der Waals surface area contributed by atoms with Gasteiger partial charge in [-0.05, 0) is 12.8 Å². The first-order valence-corrected chi connectivity index (χ1v) is 5.00. The summed E-state index contributed by atoms with van der Waals surface area (Å²) in [5, 5.41) is 2.58. The van der Waals surface area contributed by atoms with Crippen LogP contribution >= 0.6 is 0 Å². The van der Waals surface area contributed by atoms with Crippen molar-refractivity contribution in [1.82, 2.24) is 5.32 Å². The molecule has 1 unspecified atom stereocenters. The van der Waals surface area contributed by atoms with Crippen LogP contribution in [0, 0.1) is 0 Å². The molecule has 0 heterocycles. The topological polar surface area (TPSA) is 73.6 Å². The van der Waals surface area contributed by atoms with Gasteiger partial charge in [0.05, 0.1) is 12.7 Å². The van der Waals surface area contributed by atoms with Gasteiger partial charge in [0.2, 0.25) is 0 Å². The van der Waals surface area contributed by atoms with Gasteiger partial charge in [-0.15, -0.1) is 0 Å². The fraction of sp³-hybridized carbons (Fsp3) is 0.889. The van der Waals surface area contributed by atoms with Crippen LogP contribution in [0.15, 0.2) is 0 Å². The van der Waals surface area contributed by atoms with Gasteiger partial charge < -0.3 is 10.1 Å². The van der Waals surface area contributed by atoms with Crippen molar-refractivity contribution in [3.05, 3.63) is 0 Å². The third-order valence-corrected chi connectivity index (χ3v) is 1.85. The number of hydrogen-bond acceptors (Lipinski definition) is 4. The second-order valence-corrected chi connectivity index (χ2v) is 3.04. The molecule has 0 aliphatic rings. The van der Waals surface area contributed by atoms with Crippen molar-refractivity contribution < 1.29 is 14.4 Å². The van der Waals surface area contributed by atoms with E-state index in [1.807, 2.05) is 13.8 Å². The first kappa shape index (κ1) is 13.2. The molecule has 1 amide bonds. The Balaban J connectivity index is 3.42. The molecule has 0 spiro atoms. The van der Waals surface area contributed by atoms with Crippen LogP contribution in [0.3, 0.4) is 0 Å². The van der Waals surface area contributed by atoms with Crippen LogP contribution in [0.25, 0.3) is 0 Å². The quantitative estimate of drug-likeness (QED) is 0.482. The van der Waals surface area contributed by atoms with E-state index in [4.69, 9.17) is 10.6 Å². The van der Waals surface area contributed by atoms with Crippen LogP contribution in [0.5, 0.6) is 0 Å². The summed E-state index contributed by atoms with van der Waals surface area (Å²) in [4.78, 5) is 15.6. The molecule has 0 saturated heterocycles. The zero-order chi connectivity index (χ0) is 10.8. The lowest BCUT2D eigenvalue weighted by molar-refractivity contribution is 0.0490. The second kappa shape index (κ2) is 8.77. The van der Waals surface area contributed by atoms with Gasteiger partial charge in [0.15, 0.2) is 0 Å². The Morgan fingerprint density at radius 1 is 1.50 bits per heavy atom. The maximum Gasteiger partial charge on any atom is 0.407 e. The highest BCUT2D eigenvalue weighted by molar-refractivity contribution is 5.67. The first-order chi connectivity index (χ1) is 6.74. The van der Waals surface area contributed by atoms with E-state index in [-0.39, 0.29) is 6.10 Å². The van der Waals surface area contributed by atoms with E-state index < -0.39 is 6.09 Å². The molecule has 5 heteroatoms. The summed E-state index contributed by atoms with van der Waals surface area (Å²) in [5.41, 5.74) is 0. The zero-order valence-corrected chi connectivity index (χ0v) is 8.91. The smallest absolute Gasteiger partial charge is 0.407 e. The SMILES string of the molecule is CCCCOC(=O)NCC(CC)ON. The van der Waals surface area contributed by atoms with Crippen molar-refractivity contribution >= 4 is 6.09 Å². The molecule has 0 aliphatic carbocycles. The molecule has 0 fully saturated rings. The highest BCUT2D eigenvalue weighted by Gasteiger charge is 2.07. The predicted octanol–water partition coefficient (Wildman–Crippen LogP) is 1.18. The lowest BCUT2D eigenvalue weighted by Crippen LogP contribution is -2.35. The molecule has 1 atom stereocenters. The number of carbonyl (C=O) groups excluding carboxylic acids is 1. The highest BCUT2D eigenvalue weighted by atomic mass is 16.6. The summed E-state index contributed by atoms with van der Waals surface area (Å²) in [5.74, 6) is 5.00. The molecule has 0 aliphatic heterocycles. The Labute approximate surface area is 84.9 Å². The summed E-state index contributed by atoms with van der Waals surface area (Å²) in [6.45, 7) is 4.82. The monoisotopic (exact) mass is 204 g/mol. The molecule has 5 nitrogen and oxygen atoms in total. The van der Waals surface area contributed by atoms with E-state index >= 15 is 0 Å². The number of hydrogen-bond donors (Lipinski definition) is 2. The van der Waals surface area contributed by atoms with Crippen LogP contribution in [0.1, 0.15) is 33.1 Å². The van der Waals surface area contributed by atoms with Gasteiger partial charge in [-0.1, -0.05) is 20.3 Å². The van der Waals surface area contributed by atoms with Crippen LogP contribution in [-0.2, 0) is 9.57 Å². The Morgan fingerprint density at radius 2 is 2.21 bits per heavy atom. The summed E-state index contributed by atoms with van der Waals surface area (Å²) in [6, 6.07) is 0. The molecule has 14 heavy (non-hydrogen) atoms. The van der Waals surface area contributed by atoms with Gasteiger partial charge in [-0.2, -0.15) is 0 Å². The third-order valence-electron chi connectivity index (χ3n) is 1.85. The van der Waals surface area contributed by atoms with Gasteiger partial charge in [0, 0.05) is 6.54 Å². The lowest BCUT2D eigenvalue weighted by Gasteiger charge is -2.12. The number of amides is 1. The van der Waals surface area contributed by atoms with Crippen molar-refractivity contribution in [2.45, 2.75) is 39.2 Å². The standard InChI is InChI=1S/C9H20N2O3/c1-3-5-6-13-9(12)11-7-8(4-2)14-10/h8H,3-7,10H2,1-2H3,(H,11,12). The third kappa shape index (κ3) is 6.68. The Hall–Kier alpha value is -0.810. The van der Waals surface area contributed by atoms with Crippen molar-refractivity contribution in [3.63, 3.8) is 0 Å². The van der Waals surface area contributed by atoms with Crippen molar-refractivity contribution in [2.24, 2.45) is 5.90 Å². The molecule has 0 bridgehead atoms. The van der Waals surface area contributed by atoms with Gasteiger partial charge in [0.25, 0.3) is 0 Å². The molecular formula is C9H20N2O3. The van der Waals surface area contributed by atoms with Gasteiger partial charge in [-0.3, -0.25) is 4.84 Å². The molecule has 84 valence electrons. The van der Waals surface area contributed by atoms with E-state index in [2.05, 4.69) is 10.2 Å². The molecular weight excluding hydrogens is 184 g/mol. The highest BCUT2D eigenvalue weighted by Crippen LogP contribution is 1.93. The van der Waals surface area contributed by atoms with Crippen molar-refractivity contribution in [3.8, 4) is 0 Å². The minimum absolute atomic E-state index is 0.145. The molecule has 0 aromatic carbocycles. The number of carbonyl (C=O) groups is 1. The van der Waals surface area contributed by atoms with E-state index in [9.17, 15) is 4.79 Å². The number of ether oxygens (including phenoxy) is 1. The van der Waals surface area contributed by atoms with E-state index in [1.165, 1.54) is 0 Å². The van der Waals surface area contributed by atoms with Crippen molar-refractivity contribution in [2.75, 3.05) is 13.2 Å². The largest absolute Gasteiger partial charge is 0.450 e. The minimum Gasteiger partial charge on any atom is -0.450 e. The average molecular weight is 204 g/mol. The Bertz CT molecular complexity index is 149. The number of unbranched alkanes of at least 4 members (excludes halogenated alkanes) is 1. The van der Waals surface area contributed by atoms with Crippen LogP contribution in [-0.4, -0.2) is 25.3 Å². The molecule has 0 saturated carbocycles. The number of rotatable bonds is 7. The van der Waals surface area contributed by atoms with E-state index in [0.29, 0.717) is 13.2 Å². The molecule has 3 N–H and O–H groups in total. The maximum atomic E-state index is 11.0. The van der Waals surface area contributed by atoms with Gasteiger partial charge in [0.1, 0.15) is 0 Å². The van der Waals surface area contributed by atoms with Crippen LogP contribution in [0.4, 0.5) is 4.79 Å². The normalized spacial score (nSPS) is 12.2. The summed E-state index contributed by atoms with van der Waals surface area (Å²) in [6.07, 6.45) is 2.10. The lowest BCUT2D eigenvalue weighted by atomic mass is 10.3. The number of nitrogens with one attached hydrogen (secondary N) is 1. The van der Waals surface area contributed by atoms with Crippen molar-refractivity contribution in [1.29, 1.82) is 0 Å². The summed E-state index contributed by atoms with van der Waals surface area (Å²) >= 11 is 0. The second-order valence-electron chi connectivity index (χ2n) is 3.04. The van der Waals surface area contributed by atoms with E-state index in [1.54, 1.807) is 0 Å². The summed E-state index contributed by atoms with van der Waals surface area (Å²) in [7, 11) is 0. The maximum absolute atomic E-state index is 11.0. The first-order valence-electron chi connectivity index (χ1n) is 5.00. The minimum atomic E-state index is -0.408. The van der Waals surface area contributed by atoms with Gasteiger partial charge in [-0.25, -0.2) is 10.7 Å². The molecule has 0 aromatic rings. The number of alkyl carbamates (subject to hydrolysis) is 1. The molecule has 0 radical (unpaired) electrons.